The number of halogens is 1. The fraction of sp³-hybridized carbons (Fsp3) is 0.250. The maximum absolute atomic E-state index is 10.8. The normalized spacial score (nSPS) is 10.5. The van der Waals surface area contributed by atoms with E-state index in [9.17, 15) is 4.79 Å². The highest BCUT2D eigenvalue weighted by molar-refractivity contribution is 9.10. The molecule has 0 saturated heterocycles. The molecule has 15 heavy (non-hydrogen) atoms. The fourth-order valence-electron chi connectivity index (χ4n) is 1.15. The van der Waals surface area contributed by atoms with Gasteiger partial charge >= 0.3 is 5.97 Å². The van der Waals surface area contributed by atoms with E-state index in [1.165, 1.54) is 18.7 Å². The van der Waals surface area contributed by atoms with Gasteiger partial charge < -0.3 is 4.74 Å². The van der Waals surface area contributed by atoms with Gasteiger partial charge in [0, 0.05) is 10.5 Å². The summed E-state index contributed by atoms with van der Waals surface area (Å²) in [5.74, 6) is -0.300. The van der Waals surface area contributed by atoms with Crippen LogP contribution >= 0.6 is 15.9 Å². The molecule has 0 bridgehead atoms. The summed E-state index contributed by atoms with van der Waals surface area (Å²) in [7, 11) is 1.38. The number of carbonyl (C=O) groups excluding carboxylic acids is 1. The van der Waals surface area contributed by atoms with Crippen LogP contribution in [0, 0.1) is 0 Å². The molecule has 0 heterocycles. The molecule has 0 unspecified atom stereocenters. The van der Waals surface area contributed by atoms with Crippen molar-refractivity contribution in [1.82, 2.24) is 0 Å². The molecule has 1 aromatic rings. The van der Waals surface area contributed by atoms with E-state index in [-0.39, 0.29) is 5.97 Å². The topological polar surface area (TPSA) is 26.3 Å². The lowest BCUT2D eigenvalue weighted by Crippen LogP contribution is -1.93. The Labute approximate surface area is 98.1 Å². The summed E-state index contributed by atoms with van der Waals surface area (Å²) >= 11 is 3.38. The van der Waals surface area contributed by atoms with E-state index in [4.69, 9.17) is 0 Å². The number of allylic oxidation sites excluding steroid dienone is 1. The minimum Gasteiger partial charge on any atom is -0.466 e. The lowest BCUT2D eigenvalue weighted by molar-refractivity contribution is -0.134. The Balaban J connectivity index is 2.35. The van der Waals surface area contributed by atoms with E-state index in [2.05, 4.69) is 32.8 Å². The molecule has 0 aliphatic carbocycles. The molecule has 0 fully saturated rings. The van der Waals surface area contributed by atoms with Crippen LogP contribution in [0.2, 0.25) is 0 Å². The summed E-state index contributed by atoms with van der Waals surface area (Å²) < 4.78 is 5.57. The van der Waals surface area contributed by atoms with Gasteiger partial charge in [0.25, 0.3) is 0 Å². The molecule has 0 spiro atoms. The molecule has 0 aliphatic rings. The maximum Gasteiger partial charge on any atom is 0.330 e. The van der Waals surface area contributed by atoms with Crippen molar-refractivity contribution in [3.8, 4) is 0 Å². The molecule has 0 aromatic heterocycles. The number of hydrogen-bond donors (Lipinski definition) is 0. The first-order chi connectivity index (χ1) is 7.22. The third kappa shape index (κ3) is 4.79. The van der Waals surface area contributed by atoms with Gasteiger partial charge in [-0.25, -0.2) is 4.79 Å². The summed E-state index contributed by atoms with van der Waals surface area (Å²) in [5.41, 5.74) is 1.26. The van der Waals surface area contributed by atoms with E-state index in [1.54, 1.807) is 0 Å². The molecule has 0 atom stereocenters. The molecule has 3 heteroatoms. The van der Waals surface area contributed by atoms with Crippen LogP contribution in [0.15, 0.2) is 40.9 Å². The van der Waals surface area contributed by atoms with Crippen LogP contribution < -0.4 is 0 Å². The summed E-state index contributed by atoms with van der Waals surface area (Å²) in [5, 5.41) is 0. The highest BCUT2D eigenvalue weighted by Crippen LogP contribution is 2.11. The van der Waals surface area contributed by atoms with Gasteiger partial charge in [-0.15, -0.1) is 0 Å². The van der Waals surface area contributed by atoms with Crippen molar-refractivity contribution in [2.24, 2.45) is 0 Å². The van der Waals surface area contributed by atoms with Crippen LogP contribution in [-0.2, 0) is 16.0 Å². The number of rotatable bonds is 4. The summed E-state index contributed by atoms with van der Waals surface area (Å²) in [6.45, 7) is 0. The number of hydrogen-bond acceptors (Lipinski definition) is 2. The number of aryl methyl sites for hydroxylation is 1. The molecule has 0 saturated carbocycles. The highest BCUT2D eigenvalue weighted by atomic mass is 79.9. The Bertz CT molecular complexity index is 341. The molecule has 1 rings (SSSR count). The maximum atomic E-state index is 10.8. The highest BCUT2D eigenvalue weighted by Gasteiger charge is 1.93. The Morgan fingerprint density at radius 1 is 1.40 bits per heavy atom. The van der Waals surface area contributed by atoms with Crippen molar-refractivity contribution in [1.29, 1.82) is 0 Å². The monoisotopic (exact) mass is 268 g/mol. The van der Waals surface area contributed by atoms with Gasteiger partial charge in [0.1, 0.15) is 0 Å². The number of esters is 1. The van der Waals surface area contributed by atoms with Gasteiger partial charge in [-0.2, -0.15) is 0 Å². The van der Waals surface area contributed by atoms with Crippen molar-refractivity contribution in [2.45, 2.75) is 12.8 Å². The molecule has 2 nitrogen and oxygen atoms in total. The zero-order valence-electron chi connectivity index (χ0n) is 8.57. The van der Waals surface area contributed by atoms with Crippen molar-refractivity contribution in [2.75, 3.05) is 7.11 Å². The molecule has 0 N–H and O–H groups in total. The van der Waals surface area contributed by atoms with Crippen LogP contribution in [0.4, 0.5) is 0 Å². The minimum absolute atomic E-state index is 0.300. The van der Waals surface area contributed by atoms with Crippen molar-refractivity contribution in [3.05, 3.63) is 46.5 Å². The zero-order valence-corrected chi connectivity index (χ0v) is 10.2. The largest absolute Gasteiger partial charge is 0.466 e. The Hall–Kier alpha value is -1.09. The quantitative estimate of drug-likeness (QED) is 0.620. The smallest absolute Gasteiger partial charge is 0.330 e. The van der Waals surface area contributed by atoms with Crippen LogP contribution in [-0.4, -0.2) is 13.1 Å². The van der Waals surface area contributed by atoms with Crippen LogP contribution in [0.25, 0.3) is 0 Å². The predicted octanol–water partition coefficient (Wildman–Crippen LogP) is 3.11. The number of methoxy groups -OCH3 is 1. The first kappa shape index (κ1) is 12.0. The Morgan fingerprint density at radius 2 is 2.07 bits per heavy atom. The number of ether oxygens (including phenoxy) is 1. The van der Waals surface area contributed by atoms with Crippen molar-refractivity contribution < 1.29 is 9.53 Å². The van der Waals surface area contributed by atoms with E-state index < -0.39 is 0 Å². The fourth-order valence-corrected chi connectivity index (χ4v) is 1.41. The summed E-state index contributed by atoms with van der Waals surface area (Å²) in [6, 6.07) is 8.16. The van der Waals surface area contributed by atoms with Gasteiger partial charge in [0.2, 0.25) is 0 Å². The van der Waals surface area contributed by atoms with E-state index in [0.29, 0.717) is 0 Å². The van der Waals surface area contributed by atoms with E-state index >= 15 is 0 Å². The molecule has 0 aliphatic heterocycles. The second-order valence-corrected chi connectivity index (χ2v) is 4.01. The molecular formula is C12H13BrO2. The van der Waals surface area contributed by atoms with Gasteiger partial charge in [-0.1, -0.05) is 34.1 Å². The predicted molar refractivity (Wildman–Crippen MR) is 63.6 cm³/mol. The lowest BCUT2D eigenvalue weighted by Gasteiger charge is -1.97. The molecule has 0 radical (unpaired) electrons. The summed E-state index contributed by atoms with van der Waals surface area (Å²) in [6.07, 6.45) is 5.06. The second-order valence-electron chi connectivity index (χ2n) is 3.09. The Morgan fingerprint density at radius 3 is 2.67 bits per heavy atom. The van der Waals surface area contributed by atoms with Crippen molar-refractivity contribution in [3.63, 3.8) is 0 Å². The van der Waals surface area contributed by atoms with Crippen LogP contribution in [0.3, 0.4) is 0 Å². The first-order valence-corrected chi connectivity index (χ1v) is 5.50. The minimum atomic E-state index is -0.300. The number of benzene rings is 1. The molecule has 80 valence electrons. The average molecular weight is 269 g/mol. The van der Waals surface area contributed by atoms with Crippen molar-refractivity contribution >= 4 is 21.9 Å². The SMILES string of the molecule is COC(=O)C=CCCc1ccc(Br)cc1. The van der Waals surface area contributed by atoms with Crippen LogP contribution in [0.1, 0.15) is 12.0 Å². The molecular weight excluding hydrogens is 256 g/mol. The zero-order chi connectivity index (χ0) is 11.1. The van der Waals surface area contributed by atoms with Gasteiger partial charge in [-0.05, 0) is 30.5 Å². The standard InChI is InChI=1S/C12H13BrO2/c1-15-12(14)5-3-2-4-10-6-8-11(13)9-7-10/h3,5-9H,2,4H2,1H3. The molecule has 0 amide bonds. The Kier molecular flexibility index (Phi) is 5.12. The third-order valence-electron chi connectivity index (χ3n) is 1.97. The first-order valence-electron chi connectivity index (χ1n) is 4.71. The van der Waals surface area contributed by atoms with Gasteiger partial charge in [-0.3, -0.25) is 0 Å². The summed E-state index contributed by atoms with van der Waals surface area (Å²) in [4.78, 5) is 10.8. The number of carbonyl (C=O) groups is 1. The lowest BCUT2D eigenvalue weighted by atomic mass is 10.1. The second kappa shape index (κ2) is 6.40. The van der Waals surface area contributed by atoms with Gasteiger partial charge in [0.05, 0.1) is 7.11 Å². The van der Waals surface area contributed by atoms with E-state index in [1.807, 2.05) is 18.2 Å². The van der Waals surface area contributed by atoms with E-state index in [0.717, 1.165) is 17.3 Å². The third-order valence-corrected chi connectivity index (χ3v) is 2.50. The van der Waals surface area contributed by atoms with Gasteiger partial charge in [0.15, 0.2) is 0 Å². The molecule has 1 aromatic carbocycles. The average Bonchev–Trinajstić information content (AvgIpc) is 2.26. The van der Waals surface area contributed by atoms with Crippen LogP contribution in [0.5, 0.6) is 0 Å².